The SMILES string of the molecule is C=C(CCCC)C(=O)OC1CC2CCC1(C)C2(C)C. The highest BCUT2D eigenvalue weighted by atomic mass is 16.5. The first-order chi connectivity index (χ1) is 8.83. The van der Waals surface area contributed by atoms with Gasteiger partial charge in [0, 0.05) is 11.0 Å². The van der Waals surface area contributed by atoms with Gasteiger partial charge in [-0.05, 0) is 43.4 Å². The largest absolute Gasteiger partial charge is 0.458 e. The molecule has 0 saturated heterocycles. The molecule has 0 spiro atoms. The van der Waals surface area contributed by atoms with Gasteiger partial charge < -0.3 is 4.74 Å². The molecule has 2 aliphatic rings. The lowest BCUT2D eigenvalue weighted by molar-refractivity contribution is -0.152. The van der Waals surface area contributed by atoms with Crippen LogP contribution in [-0.2, 0) is 9.53 Å². The summed E-state index contributed by atoms with van der Waals surface area (Å²) in [7, 11) is 0. The van der Waals surface area contributed by atoms with Gasteiger partial charge in [0.2, 0.25) is 0 Å². The molecule has 19 heavy (non-hydrogen) atoms. The van der Waals surface area contributed by atoms with E-state index in [2.05, 4.69) is 34.3 Å². The number of ether oxygens (including phenoxy) is 1. The van der Waals surface area contributed by atoms with Crippen molar-refractivity contribution >= 4 is 5.97 Å². The van der Waals surface area contributed by atoms with Crippen molar-refractivity contribution in [3.8, 4) is 0 Å². The second kappa shape index (κ2) is 4.96. The van der Waals surface area contributed by atoms with E-state index in [9.17, 15) is 4.79 Å². The van der Waals surface area contributed by atoms with E-state index in [0.717, 1.165) is 25.7 Å². The number of fused-ring (bicyclic) bond motifs is 2. The lowest BCUT2D eigenvalue weighted by atomic mass is 9.70. The lowest BCUT2D eigenvalue weighted by Gasteiger charge is -2.38. The molecule has 3 atom stereocenters. The van der Waals surface area contributed by atoms with E-state index in [1.54, 1.807) is 0 Å². The van der Waals surface area contributed by atoms with E-state index in [1.165, 1.54) is 12.8 Å². The normalized spacial score (nSPS) is 35.4. The maximum absolute atomic E-state index is 12.1. The minimum atomic E-state index is -0.164. The van der Waals surface area contributed by atoms with E-state index in [4.69, 9.17) is 4.74 Å². The molecule has 2 saturated carbocycles. The van der Waals surface area contributed by atoms with Crippen molar-refractivity contribution in [2.45, 2.75) is 72.3 Å². The van der Waals surface area contributed by atoms with Crippen LogP contribution in [0.25, 0.3) is 0 Å². The molecule has 0 aromatic heterocycles. The quantitative estimate of drug-likeness (QED) is 0.540. The first-order valence-corrected chi connectivity index (χ1v) is 7.71. The predicted octanol–water partition coefficient (Wildman–Crippen LogP) is 4.49. The number of hydrogen-bond acceptors (Lipinski definition) is 2. The standard InChI is InChI=1S/C17H28O2/c1-6-7-8-12(2)15(18)19-14-11-13-9-10-17(14,5)16(13,3)4/h13-14H,2,6-11H2,1,3-5H3. The third-order valence-corrected chi connectivity index (χ3v) is 6.08. The Morgan fingerprint density at radius 3 is 2.53 bits per heavy atom. The van der Waals surface area contributed by atoms with Crippen molar-refractivity contribution in [3.63, 3.8) is 0 Å². The summed E-state index contributed by atoms with van der Waals surface area (Å²) in [6, 6.07) is 0. The molecule has 108 valence electrons. The Morgan fingerprint density at radius 1 is 1.37 bits per heavy atom. The van der Waals surface area contributed by atoms with Gasteiger partial charge in [0.05, 0.1) is 0 Å². The summed E-state index contributed by atoms with van der Waals surface area (Å²) in [6.45, 7) is 13.0. The second-order valence-corrected chi connectivity index (χ2v) is 7.21. The minimum Gasteiger partial charge on any atom is -0.458 e. The number of unbranched alkanes of at least 4 members (excludes halogenated alkanes) is 1. The fourth-order valence-electron chi connectivity index (χ4n) is 4.01. The van der Waals surface area contributed by atoms with E-state index in [1.807, 2.05) is 0 Å². The van der Waals surface area contributed by atoms with Crippen LogP contribution in [0.5, 0.6) is 0 Å². The predicted molar refractivity (Wildman–Crippen MR) is 77.8 cm³/mol. The van der Waals surface area contributed by atoms with Gasteiger partial charge in [0.25, 0.3) is 0 Å². The van der Waals surface area contributed by atoms with E-state index in [0.29, 0.717) is 16.9 Å². The van der Waals surface area contributed by atoms with Gasteiger partial charge in [-0.25, -0.2) is 4.79 Å². The smallest absolute Gasteiger partial charge is 0.333 e. The molecule has 0 aromatic rings. The van der Waals surface area contributed by atoms with Crippen molar-refractivity contribution in [2.24, 2.45) is 16.7 Å². The molecular formula is C17H28O2. The van der Waals surface area contributed by atoms with Gasteiger partial charge in [-0.15, -0.1) is 0 Å². The molecule has 3 unspecified atom stereocenters. The molecule has 2 nitrogen and oxygen atoms in total. The zero-order valence-electron chi connectivity index (χ0n) is 12.9. The Morgan fingerprint density at radius 2 is 2.05 bits per heavy atom. The Labute approximate surface area is 117 Å². The average Bonchev–Trinajstić information content (AvgIpc) is 2.68. The minimum absolute atomic E-state index is 0.0899. The third-order valence-electron chi connectivity index (χ3n) is 6.08. The molecule has 0 aromatic carbocycles. The third kappa shape index (κ3) is 2.23. The monoisotopic (exact) mass is 264 g/mol. The molecule has 0 N–H and O–H groups in total. The Balaban J connectivity index is 1.98. The Hall–Kier alpha value is -0.790. The summed E-state index contributed by atoms with van der Waals surface area (Å²) in [6.07, 6.45) is 6.47. The number of hydrogen-bond donors (Lipinski definition) is 0. The summed E-state index contributed by atoms with van der Waals surface area (Å²) < 4.78 is 5.80. The van der Waals surface area contributed by atoms with Crippen LogP contribution in [-0.4, -0.2) is 12.1 Å². The van der Waals surface area contributed by atoms with Crippen LogP contribution in [0.4, 0.5) is 0 Å². The second-order valence-electron chi connectivity index (χ2n) is 7.21. The van der Waals surface area contributed by atoms with E-state index in [-0.39, 0.29) is 17.5 Å². The van der Waals surface area contributed by atoms with Gasteiger partial charge in [-0.3, -0.25) is 0 Å². The molecule has 2 bridgehead atoms. The molecule has 0 radical (unpaired) electrons. The highest BCUT2D eigenvalue weighted by Crippen LogP contribution is 2.66. The summed E-state index contributed by atoms with van der Waals surface area (Å²) in [4.78, 5) is 12.1. The highest BCUT2D eigenvalue weighted by molar-refractivity contribution is 5.87. The number of carbonyl (C=O) groups excluding carboxylic acids is 1. The number of esters is 1. The molecule has 0 amide bonds. The number of carbonyl (C=O) groups is 1. The van der Waals surface area contributed by atoms with Crippen LogP contribution in [0.2, 0.25) is 0 Å². The maximum Gasteiger partial charge on any atom is 0.333 e. The molecule has 2 fully saturated rings. The first-order valence-electron chi connectivity index (χ1n) is 7.71. The Bertz CT molecular complexity index is 383. The van der Waals surface area contributed by atoms with Crippen molar-refractivity contribution in [2.75, 3.05) is 0 Å². The molecule has 0 aliphatic heterocycles. The van der Waals surface area contributed by atoms with Crippen LogP contribution < -0.4 is 0 Å². The van der Waals surface area contributed by atoms with Crippen molar-refractivity contribution < 1.29 is 9.53 Å². The van der Waals surface area contributed by atoms with Gasteiger partial charge in [-0.1, -0.05) is 40.7 Å². The van der Waals surface area contributed by atoms with Crippen LogP contribution >= 0.6 is 0 Å². The van der Waals surface area contributed by atoms with Gasteiger partial charge in [0.1, 0.15) is 6.10 Å². The fourth-order valence-corrected chi connectivity index (χ4v) is 4.01. The van der Waals surface area contributed by atoms with Crippen molar-refractivity contribution in [1.82, 2.24) is 0 Å². The van der Waals surface area contributed by atoms with Crippen LogP contribution in [0.3, 0.4) is 0 Å². The molecular weight excluding hydrogens is 236 g/mol. The highest BCUT2D eigenvalue weighted by Gasteiger charge is 2.62. The van der Waals surface area contributed by atoms with E-state index < -0.39 is 0 Å². The zero-order chi connectivity index (χ0) is 14.3. The van der Waals surface area contributed by atoms with Gasteiger partial charge in [-0.2, -0.15) is 0 Å². The van der Waals surface area contributed by atoms with E-state index >= 15 is 0 Å². The van der Waals surface area contributed by atoms with Crippen molar-refractivity contribution in [3.05, 3.63) is 12.2 Å². The van der Waals surface area contributed by atoms with Crippen LogP contribution in [0, 0.1) is 16.7 Å². The topological polar surface area (TPSA) is 26.3 Å². The molecule has 0 heterocycles. The summed E-state index contributed by atoms with van der Waals surface area (Å²) >= 11 is 0. The lowest BCUT2D eigenvalue weighted by Crippen LogP contribution is -2.38. The van der Waals surface area contributed by atoms with Crippen LogP contribution in [0.1, 0.15) is 66.2 Å². The zero-order valence-corrected chi connectivity index (χ0v) is 12.9. The van der Waals surface area contributed by atoms with Gasteiger partial charge >= 0.3 is 5.97 Å². The molecule has 2 rings (SSSR count). The molecule has 2 heteroatoms. The van der Waals surface area contributed by atoms with Crippen molar-refractivity contribution in [1.29, 1.82) is 0 Å². The Kier molecular flexibility index (Phi) is 3.81. The van der Waals surface area contributed by atoms with Crippen LogP contribution in [0.15, 0.2) is 12.2 Å². The summed E-state index contributed by atoms with van der Waals surface area (Å²) in [5.41, 5.74) is 1.09. The molecule has 2 aliphatic carbocycles. The summed E-state index contributed by atoms with van der Waals surface area (Å²) in [5.74, 6) is 0.544. The first kappa shape index (κ1) is 14.6. The number of rotatable bonds is 5. The van der Waals surface area contributed by atoms with Gasteiger partial charge in [0.15, 0.2) is 0 Å². The average molecular weight is 264 g/mol. The maximum atomic E-state index is 12.1. The fraction of sp³-hybridized carbons (Fsp3) is 0.824. The summed E-state index contributed by atoms with van der Waals surface area (Å²) in [5, 5.41) is 0.